The second-order valence-electron chi connectivity index (χ2n) is 3.51. The minimum atomic E-state index is 0.307. The lowest BCUT2D eigenvalue weighted by molar-refractivity contribution is -0.0634. The van der Waals surface area contributed by atoms with Crippen molar-refractivity contribution in [3.8, 4) is 0 Å². The van der Waals surface area contributed by atoms with E-state index in [0.717, 1.165) is 25.9 Å². The zero-order chi connectivity index (χ0) is 10.4. The van der Waals surface area contributed by atoms with Crippen molar-refractivity contribution in [3.63, 3.8) is 0 Å². The van der Waals surface area contributed by atoms with Gasteiger partial charge in [0.1, 0.15) is 6.10 Å². The minimum absolute atomic E-state index is 0.307. The van der Waals surface area contributed by atoms with Crippen molar-refractivity contribution in [2.24, 2.45) is 0 Å². The third kappa shape index (κ3) is 4.15. The van der Waals surface area contributed by atoms with Crippen LogP contribution in [0.1, 0.15) is 32.6 Å². The van der Waals surface area contributed by atoms with E-state index < -0.39 is 0 Å². The van der Waals surface area contributed by atoms with Gasteiger partial charge in [-0.25, -0.2) is 0 Å². The maximum atomic E-state index is 5.63. The summed E-state index contributed by atoms with van der Waals surface area (Å²) in [5.41, 5.74) is 0. The molecule has 0 bridgehead atoms. The van der Waals surface area contributed by atoms with Gasteiger partial charge in [0.2, 0.25) is 4.38 Å². The van der Waals surface area contributed by atoms with E-state index in [9.17, 15) is 0 Å². The maximum Gasteiger partial charge on any atom is 0.219 e. The highest BCUT2D eigenvalue weighted by Gasteiger charge is 2.31. The average Bonchev–Trinajstić information content (AvgIpc) is 2.13. The molecule has 1 rings (SSSR count). The van der Waals surface area contributed by atoms with Gasteiger partial charge < -0.3 is 9.47 Å². The number of ether oxygens (including phenoxy) is 2. The molecule has 0 saturated heterocycles. The molecule has 1 aliphatic rings. The molecule has 0 aromatic rings. The monoisotopic (exact) mass is 234 g/mol. The van der Waals surface area contributed by atoms with Crippen LogP contribution in [-0.2, 0) is 9.47 Å². The maximum absolute atomic E-state index is 5.63. The van der Waals surface area contributed by atoms with Crippen LogP contribution in [0.3, 0.4) is 0 Å². The van der Waals surface area contributed by atoms with Crippen molar-refractivity contribution in [2.45, 2.75) is 44.8 Å². The van der Waals surface area contributed by atoms with E-state index >= 15 is 0 Å². The van der Waals surface area contributed by atoms with E-state index in [1.165, 1.54) is 18.2 Å². The summed E-state index contributed by atoms with van der Waals surface area (Å²) in [5.74, 6) is 0. The molecular weight excluding hydrogens is 216 g/mol. The van der Waals surface area contributed by atoms with Gasteiger partial charge in [0.05, 0.1) is 6.10 Å². The van der Waals surface area contributed by atoms with Crippen LogP contribution in [0.2, 0.25) is 0 Å². The Hall–Kier alpha value is 0.200. The van der Waals surface area contributed by atoms with E-state index in [1.54, 1.807) is 0 Å². The first-order valence-electron chi connectivity index (χ1n) is 5.12. The fourth-order valence-corrected chi connectivity index (χ4v) is 1.70. The molecule has 0 radical (unpaired) electrons. The van der Waals surface area contributed by atoms with Crippen molar-refractivity contribution in [1.29, 1.82) is 0 Å². The molecular formula is C10H18O2S2. The van der Waals surface area contributed by atoms with E-state index in [4.69, 9.17) is 21.7 Å². The molecule has 0 aromatic carbocycles. The zero-order valence-electron chi connectivity index (χ0n) is 8.82. The Labute approximate surface area is 95.7 Å². The molecule has 0 aliphatic heterocycles. The first-order chi connectivity index (χ1) is 6.76. The minimum Gasteiger partial charge on any atom is -0.475 e. The van der Waals surface area contributed by atoms with E-state index in [2.05, 4.69) is 6.92 Å². The van der Waals surface area contributed by atoms with Gasteiger partial charge in [-0.1, -0.05) is 25.1 Å². The van der Waals surface area contributed by atoms with Crippen molar-refractivity contribution in [3.05, 3.63) is 0 Å². The van der Waals surface area contributed by atoms with Crippen LogP contribution in [0.4, 0.5) is 0 Å². The number of unbranched alkanes of at least 4 members (excludes halogenated alkanes) is 1. The summed E-state index contributed by atoms with van der Waals surface area (Å²) >= 11 is 6.47. The van der Waals surface area contributed by atoms with Crippen molar-refractivity contribution < 1.29 is 9.47 Å². The third-order valence-corrected chi connectivity index (χ3v) is 3.36. The van der Waals surface area contributed by atoms with Gasteiger partial charge in [-0.05, 0) is 24.9 Å². The Bertz CT molecular complexity index is 179. The molecule has 0 atom stereocenters. The van der Waals surface area contributed by atoms with Gasteiger partial charge in [0, 0.05) is 19.4 Å². The lowest BCUT2D eigenvalue weighted by Gasteiger charge is -2.34. The topological polar surface area (TPSA) is 18.5 Å². The molecule has 14 heavy (non-hydrogen) atoms. The van der Waals surface area contributed by atoms with E-state index in [0.29, 0.717) is 16.6 Å². The van der Waals surface area contributed by atoms with Crippen LogP contribution >= 0.6 is 24.0 Å². The number of rotatable bonds is 5. The third-order valence-electron chi connectivity index (χ3n) is 2.33. The summed E-state index contributed by atoms with van der Waals surface area (Å²) in [6.07, 6.45) is 7.03. The van der Waals surface area contributed by atoms with Crippen LogP contribution in [-0.4, -0.2) is 29.5 Å². The molecule has 0 N–H and O–H groups in total. The molecule has 4 heteroatoms. The Morgan fingerprint density at radius 1 is 1.43 bits per heavy atom. The molecule has 0 amide bonds. The molecule has 0 aromatic heterocycles. The second-order valence-corrected chi connectivity index (χ2v) is 4.92. The smallest absolute Gasteiger partial charge is 0.219 e. The normalized spacial score (nSPS) is 25.6. The summed E-state index contributed by atoms with van der Waals surface area (Å²) < 4.78 is 11.8. The first kappa shape index (κ1) is 12.3. The van der Waals surface area contributed by atoms with Crippen LogP contribution in [0.15, 0.2) is 0 Å². The Morgan fingerprint density at radius 3 is 2.71 bits per heavy atom. The summed E-state index contributed by atoms with van der Waals surface area (Å²) in [4.78, 5) is 0. The van der Waals surface area contributed by atoms with Gasteiger partial charge in [-0.15, -0.1) is 0 Å². The van der Waals surface area contributed by atoms with Gasteiger partial charge in [0.15, 0.2) is 0 Å². The van der Waals surface area contributed by atoms with Crippen molar-refractivity contribution in [2.75, 3.05) is 12.9 Å². The van der Waals surface area contributed by atoms with E-state index in [-0.39, 0.29) is 0 Å². The van der Waals surface area contributed by atoms with Crippen molar-refractivity contribution >= 4 is 28.4 Å². The van der Waals surface area contributed by atoms with Gasteiger partial charge in [-0.3, -0.25) is 0 Å². The van der Waals surface area contributed by atoms with Gasteiger partial charge in [0.25, 0.3) is 0 Å². The second kappa shape index (κ2) is 6.64. The van der Waals surface area contributed by atoms with Crippen molar-refractivity contribution in [1.82, 2.24) is 0 Å². The molecule has 2 nitrogen and oxygen atoms in total. The number of thioether (sulfide) groups is 1. The standard InChI is InChI=1S/C10H18O2S2/c1-3-4-5-11-8-6-9(7-8)12-10(13)14-2/h8-9H,3-7H2,1-2H3. The zero-order valence-corrected chi connectivity index (χ0v) is 10.5. The summed E-state index contributed by atoms with van der Waals surface area (Å²) in [7, 11) is 0. The van der Waals surface area contributed by atoms with Gasteiger partial charge in [-0.2, -0.15) is 0 Å². The molecule has 1 saturated carbocycles. The molecule has 0 unspecified atom stereocenters. The summed E-state index contributed by atoms with van der Waals surface area (Å²) in [6.45, 7) is 3.06. The predicted molar refractivity (Wildman–Crippen MR) is 64.9 cm³/mol. The highest BCUT2D eigenvalue weighted by molar-refractivity contribution is 8.22. The molecule has 82 valence electrons. The lowest BCUT2D eigenvalue weighted by Crippen LogP contribution is -2.38. The fraction of sp³-hybridized carbons (Fsp3) is 0.900. The quantitative estimate of drug-likeness (QED) is 0.537. The predicted octanol–water partition coefficient (Wildman–Crippen LogP) is 3.00. The van der Waals surface area contributed by atoms with Crippen LogP contribution in [0, 0.1) is 0 Å². The number of thiocarbonyl (C=S) groups is 1. The molecule has 1 aliphatic carbocycles. The van der Waals surface area contributed by atoms with Crippen LogP contribution < -0.4 is 0 Å². The SMILES string of the molecule is CCCCOC1CC(OC(=S)SC)C1. The number of hydrogen-bond donors (Lipinski definition) is 0. The first-order valence-corrected chi connectivity index (χ1v) is 6.75. The highest BCUT2D eigenvalue weighted by Crippen LogP contribution is 2.27. The summed E-state index contributed by atoms with van der Waals surface area (Å²) in [5, 5.41) is 0. The molecule has 1 fully saturated rings. The molecule has 0 heterocycles. The Balaban J connectivity index is 1.97. The Morgan fingerprint density at radius 2 is 2.14 bits per heavy atom. The van der Waals surface area contributed by atoms with Crippen LogP contribution in [0.25, 0.3) is 0 Å². The van der Waals surface area contributed by atoms with Crippen LogP contribution in [0.5, 0.6) is 0 Å². The largest absolute Gasteiger partial charge is 0.475 e. The van der Waals surface area contributed by atoms with E-state index in [1.807, 2.05) is 6.26 Å². The Kier molecular flexibility index (Phi) is 5.82. The fourth-order valence-electron chi connectivity index (χ4n) is 1.33. The summed E-state index contributed by atoms with van der Waals surface area (Å²) in [6, 6.07) is 0. The lowest BCUT2D eigenvalue weighted by atomic mass is 9.92. The number of hydrogen-bond acceptors (Lipinski definition) is 4. The molecule has 0 spiro atoms. The average molecular weight is 234 g/mol. The van der Waals surface area contributed by atoms with Gasteiger partial charge >= 0.3 is 0 Å². The highest BCUT2D eigenvalue weighted by atomic mass is 32.2.